The molecule has 1 aromatic carbocycles. The van der Waals surface area contributed by atoms with Gasteiger partial charge in [-0.25, -0.2) is 14.7 Å². The standard InChI is InChI=1S/C14H14N5O2/c1-17-7-8-18(11-17)14(20)15-13-10-19(16-21-13)9-12-5-3-2-4-6-12/h2-8,10-11H,9H2,1H3/q+1/p+1. The Morgan fingerprint density at radius 1 is 1.38 bits per heavy atom. The van der Waals surface area contributed by atoms with Gasteiger partial charge in [-0.05, 0) is 4.68 Å². The molecule has 0 unspecified atom stereocenters. The van der Waals surface area contributed by atoms with E-state index in [1.807, 2.05) is 37.4 Å². The molecule has 7 nitrogen and oxygen atoms in total. The average Bonchev–Trinajstić information content (AvgIpc) is 3.09. The van der Waals surface area contributed by atoms with Crippen LogP contribution in [0.1, 0.15) is 5.56 Å². The second kappa shape index (κ2) is 5.58. The Bertz CT molecular complexity index is 748. The number of anilines is 1. The maximum Gasteiger partial charge on any atom is 0.420 e. The molecule has 0 bridgehead atoms. The predicted octanol–water partition coefficient (Wildman–Crippen LogP) is 0.717. The number of aryl methyl sites for hydroxylation is 1. The van der Waals surface area contributed by atoms with Gasteiger partial charge in [0.05, 0.1) is 7.05 Å². The molecule has 0 atom stereocenters. The van der Waals surface area contributed by atoms with Crippen LogP contribution in [0.3, 0.4) is 0 Å². The van der Waals surface area contributed by atoms with Crippen LogP contribution in [0.25, 0.3) is 0 Å². The van der Waals surface area contributed by atoms with E-state index >= 15 is 0 Å². The number of hydrogen-bond acceptors (Lipinski definition) is 3. The summed E-state index contributed by atoms with van der Waals surface area (Å²) in [5.41, 5.74) is 1.10. The maximum atomic E-state index is 11.9. The fourth-order valence-electron chi connectivity index (χ4n) is 1.92. The van der Waals surface area contributed by atoms with Gasteiger partial charge in [-0.2, -0.15) is 4.57 Å². The van der Waals surface area contributed by atoms with Crippen LogP contribution in [-0.2, 0) is 13.6 Å². The van der Waals surface area contributed by atoms with Gasteiger partial charge in [0.2, 0.25) is 11.8 Å². The zero-order valence-corrected chi connectivity index (χ0v) is 11.5. The van der Waals surface area contributed by atoms with Gasteiger partial charge in [0.25, 0.3) is 12.5 Å². The van der Waals surface area contributed by atoms with Gasteiger partial charge in [-0.3, -0.25) is 4.52 Å². The summed E-state index contributed by atoms with van der Waals surface area (Å²) < 4.78 is 9.92. The monoisotopic (exact) mass is 285 g/mol. The molecule has 2 aromatic heterocycles. The Balaban J connectivity index is 1.66. The van der Waals surface area contributed by atoms with E-state index in [0.29, 0.717) is 12.4 Å². The van der Waals surface area contributed by atoms with Crippen molar-refractivity contribution in [1.29, 1.82) is 0 Å². The van der Waals surface area contributed by atoms with Crippen molar-refractivity contribution in [3.63, 3.8) is 0 Å². The molecular formula is C14H15N5O2+2. The van der Waals surface area contributed by atoms with Crippen LogP contribution in [0.2, 0.25) is 0 Å². The summed E-state index contributed by atoms with van der Waals surface area (Å²) in [4.78, 5) is 11.9. The Labute approximate surface area is 121 Å². The molecule has 2 heterocycles. The Hall–Kier alpha value is -2.96. The zero-order valence-electron chi connectivity index (χ0n) is 11.5. The molecule has 0 spiro atoms. The molecule has 21 heavy (non-hydrogen) atoms. The van der Waals surface area contributed by atoms with E-state index in [1.165, 1.54) is 4.57 Å². The maximum absolute atomic E-state index is 11.9. The minimum absolute atomic E-state index is 0.298. The van der Waals surface area contributed by atoms with E-state index < -0.39 is 0 Å². The lowest BCUT2D eigenvalue weighted by Gasteiger charge is -1.92. The number of nitrogens with one attached hydrogen (secondary N) is 1. The first kappa shape index (κ1) is 13.0. The van der Waals surface area contributed by atoms with Crippen molar-refractivity contribution in [2.75, 3.05) is 5.32 Å². The van der Waals surface area contributed by atoms with Crippen LogP contribution in [0.15, 0.2) is 59.8 Å². The summed E-state index contributed by atoms with van der Waals surface area (Å²) in [6, 6.07) is 9.58. The van der Waals surface area contributed by atoms with Crippen LogP contribution < -0.4 is 14.6 Å². The number of amides is 1. The smallest absolute Gasteiger partial charge is 0.282 e. The van der Waals surface area contributed by atoms with Crippen molar-refractivity contribution in [1.82, 2.24) is 9.84 Å². The Morgan fingerprint density at radius 2 is 2.19 bits per heavy atom. The second-order valence-electron chi connectivity index (χ2n) is 4.67. The molecule has 7 heteroatoms. The van der Waals surface area contributed by atoms with Crippen molar-refractivity contribution in [3.05, 3.63) is 60.8 Å². The van der Waals surface area contributed by atoms with E-state index in [1.54, 1.807) is 34.2 Å². The number of nitrogens with zero attached hydrogens (tertiary/aromatic N) is 4. The molecule has 1 amide bonds. The van der Waals surface area contributed by atoms with Crippen molar-refractivity contribution in [2.45, 2.75) is 6.54 Å². The van der Waals surface area contributed by atoms with Crippen LogP contribution in [0.4, 0.5) is 10.7 Å². The largest absolute Gasteiger partial charge is 0.420 e. The lowest BCUT2D eigenvalue weighted by molar-refractivity contribution is -0.754. The summed E-state index contributed by atoms with van der Waals surface area (Å²) >= 11 is 0. The van der Waals surface area contributed by atoms with Gasteiger partial charge in [0.15, 0.2) is 0 Å². The molecule has 106 valence electrons. The highest BCUT2D eigenvalue weighted by Crippen LogP contribution is 2.03. The number of carbonyl (C=O) groups excluding carboxylic acids is 1. The van der Waals surface area contributed by atoms with E-state index in [4.69, 9.17) is 4.52 Å². The van der Waals surface area contributed by atoms with Crippen LogP contribution in [0, 0.1) is 0 Å². The minimum atomic E-state index is -0.307. The molecule has 3 rings (SSSR count). The normalized spacial score (nSPS) is 10.5. The molecule has 1 N–H and O–H groups in total. The summed E-state index contributed by atoms with van der Waals surface area (Å²) in [5.74, 6) is 0.298. The van der Waals surface area contributed by atoms with Crippen LogP contribution in [0.5, 0.6) is 0 Å². The van der Waals surface area contributed by atoms with E-state index in [2.05, 4.69) is 10.6 Å². The topological polar surface area (TPSA) is 67.8 Å². The molecule has 0 saturated carbocycles. The van der Waals surface area contributed by atoms with Crippen molar-refractivity contribution in [2.24, 2.45) is 7.05 Å². The van der Waals surface area contributed by atoms with Crippen LogP contribution >= 0.6 is 0 Å². The fourth-order valence-corrected chi connectivity index (χ4v) is 1.92. The van der Waals surface area contributed by atoms with Gasteiger partial charge in [-0.1, -0.05) is 30.3 Å². The third kappa shape index (κ3) is 3.14. The van der Waals surface area contributed by atoms with Crippen LogP contribution in [-0.4, -0.2) is 15.9 Å². The van der Waals surface area contributed by atoms with Crippen molar-refractivity contribution >= 4 is 11.9 Å². The number of benzene rings is 1. The van der Waals surface area contributed by atoms with Gasteiger partial charge >= 0.3 is 11.9 Å². The quantitative estimate of drug-likeness (QED) is 0.721. The van der Waals surface area contributed by atoms with E-state index in [0.717, 1.165) is 5.56 Å². The Morgan fingerprint density at radius 3 is 2.90 bits per heavy atom. The molecule has 0 aliphatic heterocycles. The number of hydrogen-bond donors (Lipinski definition) is 1. The van der Waals surface area contributed by atoms with Gasteiger partial charge in [-0.15, -0.1) is 0 Å². The van der Waals surface area contributed by atoms with Gasteiger partial charge in [0, 0.05) is 5.56 Å². The first-order valence-corrected chi connectivity index (χ1v) is 6.46. The van der Waals surface area contributed by atoms with E-state index in [-0.39, 0.29) is 6.03 Å². The number of imidazole rings is 1. The third-order valence-corrected chi connectivity index (χ3v) is 2.93. The highest BCUT2D eigenvalue weighted by molar-refractivity contribution is 5.89. The minimum Gasteiger partial charge on any atom is -0.282 e. The number of aromatic nitrogens is 4. The molecule has 0 aliphatic carbocycles. The molecule has 0 saturated heterocycles. The second-order valence-corrected chi connectivity index (χ2v) is 4.67. The van der Waals surface area contributed by atoms with Crippen molar-refractivity contribution in [3.8, 4) is 0 Å². The summed E-state index contributed by atoms with van der Waals surface area (Å²) in [6.45, 7) is 0.582. The first-order chi connectivity index (χ1) is 10.2. The van der Waals surface area contributed by atoms with Crippen molar-refractivity contribution < 1.29 is 18.6 Å². The molecular weight excluding hydrogens is 270 g/mol. The summed E-state index contributed by atoms with van der Waals surface area (Å²) in [7, 11) is 1.84. The fraction of sp³-hybridized carbons (Fsp3) is 0.143. The van der Waals surface area contributed by atoms with Gasteiger partial charge in [0.1, 0.15) is 12.4 Å². The predicted molar refractivity (Wildman–Crippen MR) is 72.3 cm³/mol. The van der Waals surface area contributed by atoms with Gasteiger partial charge < -0.3 is 0 Å². The lowest BCUT2D eigenvalue weighted by atomic mass is 10.2. The molecule has 0 radical (unpaired) electrons. The first-order valence-electron chi connectivity index (χ1n) is 6.46. The zero-order chi connectivity index (χ0) is 14.7. The number of rotatable bonds is 3. The number of carbonyl (C=O) groups is 1. The highest BCUT2D eigenvalue weighted by Gasteiger charge is 2.18. The Kier molecular flexibility index (Phi) is 3.46. The lowest BCUT2D eigenvalue weighted by Crippen LogP contribution is -2.35. The van der Waals surface area contributed by atoms with E-state index in [9.17, 15) is 4.79 Å². The molecule has 0 fully saturated rings. The highest BCUT2D eigenvalue weighted by atomic mass is 16.5. The summed E-state index contributed by atoms with van der Waals surface area (Å²) in [5, 5.41) is 6.51. The summed E-state index contributed by atoms with van der Waals surface area (Å²) in [6.07, 6.45) is 6.73. The molecule has 3 aromatic rings. The third-order valence-electron chi connectivity index (χ3n) is 2.93. The molecule has 0 aliphatic rings. The SMILES string of the molecule is C[n+]1ccn(C(=O)Nc2c[n+](Cc3ccccc3)no2)c1. The average molecular weight is 285 g/mol.